The van der Waals surface area contributed by atoms with Crippen LogP contribution in [-0.4, -0.2) is 57.8 Å². The van der Waals surface area contributed by atoms with Crippen molar-refractivity contribution in [3.05, 3.63) is 78.5 Å². The van der Waals surface area contributed by atoms with E-state index in [1.807, 2.05) is 36.4 Å². The average molecular weight is 423 g/mol. The summed E-state index contributed by atoms with van der Waals surface area (Å²) in [6, 6.07) is 14.1. The minimum atomic E-state index is -3.80. The number of hydrogen-bond acceptors (Lipinski definition) is 7. The average Bonchev–Trinajstić information content (AvgIpc) is 3.11. The molecule has 1 saturated heterocycles. The molecular formula is C21H21N5O3S. The lowest BCUT2D eigenvalue weighted by Gasteiger charge is -2.27. The number of fused-ring (bicyclic) bond motifs is 2. The predicted octanol–water partition coefficient (Wildman–Crippen LogP) is 1.71. The molecule has 5 heterocycles. The van der Waals surface area contributed by atoms with E-state index in [9.17, 15) is 8.42 Å². The molecular weight excluding hydrogens is 402 g/mol. The Morgan fingerprint density at radius 2 is 1.57 bits per heavy atom. The van der Waals surface area contributed by atoms with E-state index in [-0.39, 0.29) is 29.5 Å². The van der Waals surface area contributed by atoms with Gasteiger partial charge >= 0.3 is 0 Å². The van der Waals surface area contributed by atoms with E-state index in [1.54, 1.807) is 30.7 Å². The SMILES string of the molecule is O=S1(=O)c2cccnc2O[C@H]2CN(Cc3ccccn3)C[C@H]2N1Cc1ccccn1. The molecule has 1 fully saturated rings. The smallest absolute Gasteiger partial charge is 0.249 e. The van der Waals surface area contributed by atoms with Crippen LogP contribution in [0.15, 0.2) is 72.0 Å². The summed E-state index contributed by atoms with van der Waals surface area (Å²) in [6.45, 7) is 1.94. The van der Waals surface area contributed by atoms with Gasteiger partial charge in [0.05, 0.1) is 24.0 Å². The molecule has 2 aliphatic rings. The molecule has 8 nitrogen and oxygen atoms in total. The zero-order valence-electron chi connectivity index (χ0n) is 16.2. The van der Waals surface area contributed by atoms with E-state index >= 15 is 0 Å². The van der Waals surface area contributed by atoms with Crippen molar-refractivity contribution in [1.29, 1.82) is 0 Å². The second-order valence-electron chi connectivity index (χ2n) is 7.42. The highest BCUT2D eigenvalue weighted by Gasteiger charge is 2.47. The van der Waals surface area contributed by atoms with Gasteiger partial charge in [0, 0.05) is 38.2 Å². The number of aromatic nitrogens is 3. The van der Waals surface area contributed by atoms with Crippen LogP contribution in [0.4, 0.5) is 0 Å². The number of ether oxygens (including phenoxy) is 1. The number of sulfonamides is 1. The molecule has 0 aliphatic carbocycles. The summed E-state index contributed by atoms with van der Waals surface area (Å²) in [4.78, 5) is 15.2. The fourth-order valence-electron chi connectivity index (χ4n) is 4.04. The Morgan fingerprint density at radius 1 is 0.867 bits per heavy atom. The number of nitrogens with zero attached hydrogens (tertiary/aromatic N) is 5. The molecule has 154 valence electrons. The summed E-state index contributed by atoms with van der Waals surface area (Å²) in [5.41, 5.74) is 1.63. The highest BCUT2D eigenvalue weighted by atomic mass is 32.2. The lowest BCUT2D eigenvalue weighted by molar-refractivity contribution is 0.143. The minimum Gasteiger partial charge on any atom is -0.470 e. The van der Waals surface area contributed by atoms with Crippen LogP contribution in [0.1, 0.15) is 11.4 Å². The molecule has 0 amide bonds. The summed E-state index contributed by atoms with van der Waals surface area (Å²) in [5.74, 6) is 0.163. The van der Waals surface area contributed by atoms with Gasteiger partial charge in [-0.2, -0.15) is 4.31 Å². The number of pyridine rings is 3. The first-order valence-corrected chi connectivity index (χ1v) is 11.2. The van der Waals surface area contributed by atoms with E-state index in [0.29, 0.717) is 25.3 Å². The Bertz CT molecular complexity index is 1130. The molecule has 0 radical (unpaired) electrons. The molecule has 2 atom stereocenters. The third-order valence-electron chi connectivity index (χ3n) is 5.42. The van der Waals surface area contributed by atoms with Crippen LogP contribution >= 0.6 is 0 Å². The first kappa shape index (κ1) is 19.1. The summed E-state index contributed by atoms with van der Waals surface area (Å²) in [7, 11) is -3.80. The lowest BCUT2D eigenvalue weighted by Crippen LogP contribution is -2.46. The summed E-state index contributed by atoms with van der Waals surface area (Å²) in [5, 5.41) is 0. The molecule has 0 bridgehead atoms. The highest BCUT2D eigenvalue weighted by molar-refractivity contribution is 7.89. The van der Waals surface area contributed by atoms with E-state index in [4.69, 9.17) is 4.74 Å². The topological polar surface area (TPSA) is 88.5 Å². The Morgan fingerprint density at radius 3 is 2.27 bits per heavy atom. The third kappa shape index (κ3) is 3.55. The number of hydrogen-bond donors (Lipinski definition) is 0. The molecule has 0 saturated carbocycles. The third-order valence-corrected chi connectivity index (χ3v) is 7.31. The maximum atomic E-state index is 13.6. The van der Waals surface area contributed by atoms with E-state index in [1.165, 1.54) is 4.31 Å². The molecule has 9 heteroatoms. The van der Waals surface area contributed by atoms with Crippen LogP contribution in [0.2, 0.25) is 0 Å². The van der Waals surface area contributed by atoms with Crippen molar-refractivity contribution in [2.24, 2.45) is 0 Å². The highest BCUT2D eigenvalue weighted by Crippen LogP contribution is 2.35. The Balaban J connectivity index is 1.51. The van der Waals surface area contributed by atoms with E-state index in [2.05, 4.69) is 19.9 Å². The van der Waals surface area contributed by atoms with Gasteiger partial charge in [-0.05, 0) is 36.4 Å². The Labute approximate surface area is 175 Å². The van der Waals surface area contributed by atoms with Gasteiger partial charge in [0.25, 0.3) is 0 Å². The van der Waals surface area contributed by atoms with Gasteiger partial charge in [-0.15, -0.1) is 0 Å². The van der Waals surface area contributed by atoms with Gasteiger partial charge in [-0.25, -0.2) is 13.4 Å². The Kier molecular flexibility index (Phi) is 4.93. The van der Waals surface area contributed by atoms with Gasteiger partial charge in [-0.1, -0.05) is 12.1 Å². The fraction of sp³-hybridized carbons (Fsp3) is 0.286. The molecule has 3 aromatic rings. The molecule has 5 rings (SSSR count). The fourth-order valence-corrected chi connectivity index (χ4v) is 5.72. The standard InChI is InChI=1S/C21H21N5O3S/c27-30(28)20-8-5-11-24-21(20)29-19-15-25(12-16-6-1-3-9-22-16)14-18(19)26(30)13-17-7-2-4-10-23-17/h1-11,18-19H,12-15H2/t18-,19+/m1/s1. The summed E-state index contributed by atoms with van der Waals surface area (Å²) >= 11 is 0. The monoisotopic (exact) mass is 423 g/mol. The maximum absolute atomic E-state index is 13.6. The zero-order chi connectivity index (χ0) is 20.6. The van der Waals surface area contributed by atoms with Crippen LogP contribution < -0.4 is 4.74 Å². The van der Waals surface area contributed by atoms with Crippen molar-refractivity contribution in [2.75, 3.05) is 13.1 Å². The summed E-state index contributed by atoms with van der Waals surface area (Å²) in [6.07, 6.45) is 4.66. The first-order chi connectivity index (χ1) is 14.6. The molecule has 0 N–H and O–H groups in total. The minimum absolute atomic E-state index is 0.103. The normalized spacial score (nSPS) is 23.2. The van der Waals surface area contributed by atoms with Crippen LogP contribution in [0, 0.1) is 0 Å². The molecule has 2 aliphatic heterocycles. The van der Waals surface area contributed by atoms with Crippen LogP contribution in [-0.2, 0) is 23.1 Å². The largest absolute Gasteiger partial charge is 0.470 e. The van der Waals surface area contributed by atoms with E-state index in [0.717, 1.165) is 5.69 Å². The number of rotatable bonds is 4. The van der Waals surface area contributed by atoms with Gasteiger partial charge < -0.3 is 4.74 Å². The van der Waals surface area contributed by atoms with Gasteiger partial charge in [0.1, 0.15) is 11.0 Å². The lowest BCUT2D eigenvalue weighted by atomic mass is 10.2. The van der Waals surface area contributed by atoms with Crippen molar-refractivity contribution in [1.82, 2.24) is 24.2 Å². The second-order valence-corrected chi connectivity index (χ2v) is 9.28. The molecule has 3 aromatic heterocycles. The van der Waals surface area contributed by atoms with Crippen molar-refractivity contribution in [3.8, 4) is 5.88 Å². The molecule has 0 unspecified atom stereocenters. The summed E-state index contributed by atoms with van der Waals surface area (Å²) < 4.78 is 34.8. The number of likely N-dealkylation sites (tertiary alicyclic amines) is 1. The first-order valence-electron chi connectivity index (χ1n) is 9.77. The van der Waals surface area contributed by atoms with Gasteiger partial charge in [0.15, 0.2) is 0 Å². The maximum Gasteiger partial charge on any atom is 0.249 e. The predicted molar refractivity (Wildman–Crippen MR) is 109 cm³/mol. The van der Waals surface area contributed by atoms with Crippen molar-refractivity contribution in [2.45, 2.75) is 30.1 Å². The van der Waals surface area contributed by atoms with Gasteiger partial charge in [0.2, 0.25) is 15.9 Å². The molecule has 0 spiro atoms. The Hall–Kier alpha value is -2.88. The molecule has 0 aromatic carbocycles. The molecule has 30 heavy (non-hydrogen) atoms. The van der Waals surface area contributed by atoms with E-state index < -0.39 is 10.0 Å². The second kappa shape index (κ2) is 7.75. The van der Waals surface area contributed by atoms with Crippen molar-refractivity contribution < 1.29 is 13.2 Å². The van der Waals surface area contributed by atoms with Crippen LogP contribution in [0.3, 0.4) is 0 Å². The zero-order valence-corrected chi connectivity index (χ0v) is 17.0. The van der Waals surface area contributed by atoms with Crippen molar-refractivity contribution in [3.63, 3.8) is 0 Å². The quantitative estimate of drug-likeness (QED) is 0.631. The van der Waals surface area contributed by atoms with Crippen molar-refractivity contribution >= 4 is 10.0 Å². The van der Waals surface area contributed by atoms with Crippen LogP contribution in [0.25, 0.3) is 0 Å². The van der Waals surface area contributed by atoms with Crippen LogP contribution in [0.5, 0.6) is 5.88 Å². The van der Waals surface area contributed by atoms with Gasteiger partial charge in [-0.3, -0.25) is 14.9 Å².